The van der Waals surface area contributed by atoms with Crippen LogP contribution in [0, 0.1) is 11.7 Å². The summed E-state index contributed by atoms with van der Waals surface area (Å²) < 4.78 is 18.5. The fourth-order valence-electron chi connectivity index (χ4n) is 2.94. The molecule has 2 atom stereocenters. The normalized spacial score (nSPS) is 21.9. The Balaban J connectivity index is 2.03. The first-order valence-corrected chi connectivity index (χ1v) is 8.27. The number of alkyl carbamates (subject to hydrolysis) is 1. The molecule has 0 spiro atoms. The van der Waals surface area contributed by atoms with Gasteiger partial charge in [-0.25, -0.2) is 9.18 Å². The van der Waals surface area contributed by atoms with Crippen molar-refractivity contribution in [3.05, 3.63) is 30.1 Å². The molecule has 1 heterocycles. The van der Waals surface area contributed by atoms with Crippen molar-refractivity contribution >= 4 is 11.8 Å². The van der Waals surface area contributed by atoms with E-state index in [1.165, 1.54) is 12.1 Å². The van der Waals surface area contributed by atoms with Crippen molar-refractivity contribution in [3.8, 4) is 0 Å². The fourth-order valence-corrected chi connectivity index (χ4v) is 2.94. The van der Waals surface area contributed by atoms with Gasteiger partial charge < -0.3 is 15.0 Å². The summed E-state index contributed by atoms with van der Waals surface area (Å²) >= 11 is 0. The van der Waals surface area contributed by atoms with Crippen molar-refractivity contribution in [2.24, 2.45) is 5.92 Å². The first-order valence-electron chi connectivity index (χ1n) is 8.27. The van der Waals surface area contributed by atoms with E-state index in [0.29, 0.717) is 12.5 Å². The van der Waals surface area contributed by atoms with Gasteiger partial charge in [0.15, 0.2) is 0 Å². The maximum absolute atomic E-state index is 13.1. The lowest BCUT2D eigenvalue weighted by atomic mass is 9.92. The molecule has 2 unspecified atom stereocenters. The molecule has 128 valence electrons. The highest BCUT2D eigenvalue weighted by molar-refractivity contribution is 5.68. The number of hydrogen-bond donors (Lipinski definition) is 1. The largest absolute Gasteiger partial charge is 0.444 e. The minimum absolute atomic E-state index is 0.0357. The molecule has 1 fully saturated rings. The number of carbonyl (C=O) groups excluding carboxylic acids is 1. The van der Waals surface area contributed by atoms with E-state index in [9.17, 15) is 9.18 Å². The summed E-state index contributed by atoms with van der Waals surface area (Å²) in [6.45, 7) is 9.35. The zero-order valence-electron chi connectivity index (χ0n) is 14.4. The molecule has 23 heavy (non-hydrogen) atoms. The molecular formula is C18H27FN2O2. The number of nitrogens with zero attached hydrogens (tertiary/aromatic N) is 1. The first-order chi connectivity index (χ1) is 10.8. The van der Waals surface area contributed by atoms with Gasteiger partial charge in [-0.3, -0.25) is 0 Å². The maximum Gasteiger partial charge on any atom is 0.407 e. The predicted molar refractivity (Wildman–Crippen MR) is 90.2 cm³/mol. The standard InChI is InChI=1S/C18H27FN2O2/c1-5-13-10-15(20-17(22)23-18(2,3)4)12-21(11-13)16-8-6-14(19)7-9-16/h6-9,13,15H,5,10-12H2,1-4H3,(H,20,22). The Morgan fingerprint density at radius 3 is 2.52 bits per heavy atom. The van der Waals surface area contributed by atoms with Gasteiger partial charge in [0, 0.05) is 18.8 Å². The van der Waals surface area contributed by atoms with Gasteiger partial charge in [0.1, 0.15) is 11.4 Å². The van der Waals surface area contributed by atoms with Gasteiger partial charge in [-0.1, -0.05) is 13.3 Å². The topological polar surface area (TPSA) is 41.6 Å². The molecule has 4 nitrogen and oxygen atoms in total. The lowest BCUT2D eigenvalue weighted by Gasteiger charge is -2.39. The number of piperidine rings is 1. The van der Waals surface area contributed by atoms with Gasteiger partial charge in [-0.2, -0.15) is 0 Å². The second kappa shape index (κ2) is 7.20. The minimum Gasteiger partial charge on any atom is -0.444 e. The van der Waals surface area contributed by atoms with Crippen molar-refractivity contribution in [2.75, 3.05) is 18.0 Å². The predicted octanol–water partition coefficient (Wildman–Crippen LogP) is 3.96. The van der Waals surface area contributed by atoms with Gasteiger partial charge in [0.25, 0.3) is 0 Å². The van der Waals surface area contributed by atoms with E-state index in [-0.39, 0.29) is 18.0 Å². The summed E-state index contributed by atoms with van der Waals surface area (Å²) in [6.07, 6.45) is 1.61. The molecule has 1 aliphatic rings. The summed E-state index contributed by atoms with van der Waals surface area (Å²) in [7, 11) is 0. The Morgan fingerprint density at radius 2 is 1.96 bits per heavy atom. The number of benzene rings is 1. The number of carbonyl (C=O) groups is 1. The van der Waals surface area contributed by atoms with Crippen LogP contribution in [0.2, 0.25) is 0 Å². The van der Waals surface area contributed by atoms with Crippen LogP contribution in [0.3, 0.4) is 0 Å². The van der Waals surface area contributed by atoms with E-state index in [2.05, 4.69) is 17.1 Å². The molecule has 1 N–H and O–H groups in total. The monoisotopic (exact) mass is 322 g/mol. The van der Waals surface area contributed by atoms with E-state index in [1.54, 1.807) is 12.1 Å². The quantitative estimate of drug-likeness (QED) is 0.916. The van der Waals surface area contributed by atoms with Gasteiger partial charge in [0.05, 0.1) is 6.04 Å². The number of amides is 1. The van der Waals surface area contributed by atoms with Gasteiger partial charge in [-0.15, -0.1) is 0 Å². The number of ether oxygens (including phenoxy) is 1. The lowest BCUT2D eigenvalue weighted by molar-refractivity contribution is 0.0493. The van der Waals surface area contributed by atoms with Gasteiger partial charge in [0.2, 0.25) is 0 Å². The number of hydrogen-bond acceptors (Lipinski definition) is 3. The SMILES string of the molecule is CCC1CC(NC(=O)OC(C)(C)C)CN(c2ccc(F)cc2)C1. The zero-order valence-corrected chi connectivity index (χ0v) is 14.4. The van der Waals surface area contributed by atoms with Gasteiger partial charge >= 0.3 is 6.09 Å². The number of anilines is 1. The Kier molecular flexibility index (Phi) is 5.50. The molecule has 1 saturated heterocycles. The van der Waals surface area contributed by atoms with E-state index >= 15 is 0 Å². The Labute approximate surface area is 138 Å². The maximum atomic E-state index is 13.1. The van der Waals surface area contributed by atoms with Crippen molar-refractivity contribution < 1.29 is 13.9 Å². The van der Waals surface area contributed by atoms with Crippen molar-refractivity contribution in [1.82, 2.24) is 5.32 Å². The molecule has 0 bridgehead atoms. The van der Waals surface area contributed by atoms with Crippen LogP contribution in [0.1, 0.15) is 40.5 Å². The van der Waals surface area contributed by atoms with Crippen LogP contribution in [0.15, 0.2) is 24.3 Å². The van der Waals surface area contributed by atoms with Crippen LogP contribution in [-0.4, -0.2) is 30.8 Å². The van der Waals surface area contributed by atoms with Crippen molar-refractivity contribution in [2.45, 2.75) is 52.2 Å². The zero-order chi connectivity index (χ0) is 17.0. The molecule has 1 amide bonds. The van der Waals surface area contributed by atoms with Gasteiger partial charge in [-0.05, 0) is 57.4 Å². The van der Waals surface area contributed by atoms with Crippen molar-refractivity contribution in [1.29, 1.82) is 0 Å². The fraction of sp³-hybridized carbons (Fsp3) is 0.611. The Bertz CT molecular complexity index is 525. The van der Waals surface area contributed by atoms with Crippen LogP contribution in [-0.2, 0) is 4.74 Å². The third-order valence-corrected chi connectivity index (χ3v) is 4.03. The summed E-state index contributed by atoms with van der Waals surface area (Å²) in [5.74, 6) is 0.259. The highest BCUT2D eigenvalue weighted by Gasteiger charge is 2.29. The number of nitrogens with one attached hydrogen (secondary N) is 1. The molecule has 1 aromatic carbocycles. The van der Waals surface area contributed by atoms with Crippen LogP contribution in [0.25, 0.3) is 0 Å². The molecule has 2 rings (SSSR count). The number of halogens is 1. The first kappa shape index (κ1) is 17.6. The number of rotatable bonds is 3. The van der Waals surface area contributed by atoms with E-state index < -0.39 is 5.60 Å². The molecule has 0 radical (unpaired) electrons. The smallest absolute Gasteiger partial charge is 0.407 e. The summed E-state index contributed by atoms with van der Waals surface area (Å²) in [4.78, 5) is 14.2. The third-order valence-electron chi connectivity index (χ3n) is 4.03. The average molecular weight is 322 g/mol. The summed E-state index contributed by atoms with van der Waals surface area (Å²) in [5, 5.41) is 2.97. The molecule has 0 saturated carbocycles. The molecule has 1 aliphatic heterocycles. The van der Waals surface area contributed by atoms with E-state index in [4.69, 9.17) is 4.74 Å². The molecule has 1 aromatic rings. The molecule has 0 aromatic heterocycles. The van der Waals surface area contributed by atoms with E-state index in [0.717, 1.165) is 25.1 Å². The molecule has 0 aliphatic carbocycles. The highest BCUT2D eigenvalue weighted by Crippen LogP contribution is 2.25. The second-order valence-corrected chi connectivity index (χ2v) is 7.23. The van der Waals surface area contributed by atoms with Crippen molar-refractivity contribution in [3.63, 3.8) is 0 Å². The second-order valence-electron chi connectivity index (χ2n) is 7.23. The summed E-state index contributed by atoms with van der Waals surface area (Å²) in [6, 6.07) is 6.56. The van der Waals surface area contributed by atoms with Crippen LogP contribution in [0.5, 0.6) is 0 Å². The Morgan fingerprint density at radius 1 is 1.30 bits per heavy atom. The third kappa shape index (κ3) is 5.41. The highest BCUT2D eigenvalue weighted by atomic mass is 19.1. The summed E-state index contributed by atoms with van der Waals surface area (Å²) in [5.41, 5.74) is 0.486. The van der Waals surface area contributed by atoms with Crippen LogP contribution >= 0.6 is 0 Å². The lowest BCUT2D eigenvalue weighted by Crippen LogP contribution is -2.51. The van der Waals surface area contributed by atoms with Crippen LogP contribution in [0.4, 0.5) is 14.9 Å². The Hall–Kier alpha value is -1.78. The molecule has 5 heteroatoms. The molecular weight excluding hydrogens is 295 g/mol. The van der Waals surface area contributed by atoms with Crippen LogP contribution < -0.4 is 10.2 Å². The minimum atomic E-state index is -0.500. The van der Waals surface area contributed by atoms with E-state index in [1.807, 2.05) is 20.8 Å². The average Bonchev–Trinajstić information content (AvgIpc) is 2.45.